The lowest BCUT2D eigenvalue weighted by Crippen LogP contribution is -2.72. The minimum atomic E-state index is -2.84. The summed E-state index contributed by atoms with van der Waals surface area (Å²) in [6.07, 6.45) is 6.90. The van der Waals surface area contributed by atoms with Gasteiger partial charge in [0.25, 0.3) is 12.9 Å². The lowest BCUT2D eigenvalue weighted by atomic mass is 9.72. The van der Waals surface area contributed by atoms with E-state index in [0.717, 1.165) is 70.6 Å². The lowest BCUT2D eigenvalue weighted by molar-refractivity contribution is -0.157. The highest BCUT2D eigenvalue weighted by atomic mass is 19.3. The number of fused-ring (bicyclic) bond motifs is 2. The average molecular weight is 862 g/mol. The van der Waals surface area contributed by atoms with Crippen LogP contribution in [-0.2, 0) is 22.7 Å². The highest BCUT2D eigenvalue weighted by molar-refractivity contribution is 5.97. The summed E-state index contributed by atoms with van der Waals surface area (Å²) >= 11 is 0. The highest BCUT2D eigenvalue weighted by Crippen LogP contribution is 2.43. The lowest BCUT2D eigenvalue weighted by Gasteiger charge is -2.60. The molecule has 5 heterocycles. The SMILES string of the molecule is COc1cc(-n2ncc3c(-c4cccc(Nc5nc(C(F)F)nc6cc(CN(C)C7CCCCC7)cnc56)c4C)cccc32)cc(OC)c1CN1CC2(C1)CN(C(C)=O)C2.O=CO. The predicted molar refractivity (Wildman–Crippen MR) is 237 cm³/mol. The van der Waals surface area contributed by atoms with E-state index >= 15 is 0 Å². The Morgan fingerprint density at radius 1 is 0.984 bits per heavy atom. The maximum atomic E-state index is 14.2. The number of nitrogens with one attached hydrogen (secondary N) is 1. The fraction of sp³-hybridized carbons (Fsp3) is 0.404. The van der Waals surface area contributed by atoms with Gasteiger partial charge in [-0.15, -0.1) is 0 Å². The number of ether oxygens (including phenoxy) is 2. The van der Waals surface area contributed by atoms with Gasteiger partial charge in [0.05, 0.1) is 42.7 Å². The summed E-state index contributed by atoms with van der Waals surface area (Å²) in [6, 6.07) is 18.4. The van der Waals surface area contributed by atoms with Gasteiger partial charge in [-0.1, -0.05) is 43.5 Å². The standard InChI is InChI=1S/C46H51F2N9O3.CH2O2/c1-28-33(13-9-15-37(28)51-44-42-38(52-45(53-44)43(47)48)17-30(20-49-42)22-54(3)31-11-7-6-8-12-31)34-14-10-16-39-35(34)21-50-57(39)32-18-40(59-4)36(41(19-32)60-5)23-55-24-46(25-55)26-56(27-46)29(2)58;2-1-3/h9-10,13-21,31,43H,6-8,11-12,22-27H2,1-5H3,(H,51,52,53);1H,(H,2,3). The number of nitrogens with zero attached hydrogens (tertiary/aromatic N) is 8. The topological polar surface area (TPSA) is 151 Å². The van der Waals surface area contributed by atoms with Crippen LogP contribution in [0.25, 0.3) is 38.8 Å². The molecule has 0 bridgehead atoms. The molecule has 3 fully saturated rings. The molecule has 1 aliphatic carbocycles. The van der Waals surface area contributed by atoms with E-state index in [0.29, 0.717) is 47.4 Å². The summed E-state index contributed by atoms with van der Waals surface area (Å²) in [5.74, 6) is 1.25. The van der Waals surface area contributed by atoms with Crippen molar-refractivity contribution in [3.05, 3.63) is 89.5 Å². The van der Waals surface area contributed by atoms with Crippen LogP contribution in [0.2, 0.25) is 0 Å². The van der Waals surface area contributed by atoms with Crippen molar-refractivity contribution in [1.82, 2.24) is 39.4 Å². The van der Waals surface area contributed by atoms with Crippen LogP contribution in [0.5, 0.6) is 11.5 Å². The second kappa shape index (κ2) is 18.2. The number of alkyl halides is 2. The minimum Gasteiger partial charge on any atom is -0.496 e. The molecule has 2 aliphatic heterocycles. The number of hydrogen-bond acceptors (Lipinski definition) is 11. The number of methoxy groups -OCH3 is 2. The highest BCUT2D eigenvalue weighted by Gasteiger charge is 2.52. The molecule has 1 amide bonds. The molecule has 63 heavy (non-hydrogen) atoms. The van der Waals surface area contributed by atoms with Crippen molar-refractivity contribution in [2.75, 3.05) is 52.8 Å². The molecule has 2 saturated heterocycles. The van der Waals surface area contributed by atoms with E-state index in [4.69, 9.17) is 29.5 Å². The molecule has 14 nitrogen and oxygen atoms in total. The number of anilines is 2. The minimum absolute atomic E-state index is 0.135. The molecule has 330 valence electrons. The molecule has 6 aromatic rings. The first-order chi connectivity index (χ1) is 30.4. The van der Waals surface area contributed by atoms with E-state index in [-0.39, 0.29) is 23.6 Å². The number of aromatic nitrogens is 5. The first-order valence-corrected chi connectivity index (χ1v) is 21.2. The van der Waals surface area contributed by atoms with E-state index in [1.807, 2.05) is 71.2 Å². The van der Waals surface area contributed by atoms with E-state index < -0.39 is 12.2 Å². The fourth-order valence-corrected chi connectivity index (χ4v) is 9.64. The van der Waals surface area contributed by atoms with Crippen molar-refractivity contribution >= 4 is 45.8 Å². The van der Waals surface area contributed by atoms with Gasteiger partial charge in [-0.3, -0.25) is 24.4 Å². The van der Waals surface area contributed by atoms with Gasteiger partial charge in [0.1, 0.15) is 17.0 Å². The van der Waals surface area contributed by atoms with Gasteiger partial charge in [-0.05, 0) is 67.3 Å². The third kappa shape index (κ3) is 8.74. The number of hydrogen-bond donors (Lipinski definition) is 2. The number of benzene rings is 3. The van der Waals surface area contributed by atoms with E-state index in [2.05, 4.69) is 38.2 Å². The molecule has 0 unspecified atom stereocenters. The average Bonchev–Trinajstić information content (AvgIpc) is 3.69. The van der Waals surface area contributed by atoms with E-state index in [1.54, 1.807) is 27.3 Å². The van der Waals surface area contributed by atoms with Crippen molar-refractivity contribution in [2.24, 2.45) is 5.41 Å². The summed E-state index contributed by atoms with van der Waals surface area (Å²) in [7, 11) is 5.46. The first-order valence-electron chi connectivity index (χ1n) is 21.2. The molecule has 2 N–H and O–H groups in total. The molecule has 3 aromatic heterocycles. The summed E-state index contributed by atoms with van der Waals surface area (Å²) in [4.78, 5) is 40.0. The van der Waals surface area contributed by atoms with Gasteiger partial charge in [-0.25, -0.2) is 23.4 Å². The molecule has 0 radical (unpaired) electrons. The molecule has 1 spiro atoms. The number of pyridine rings is 1. The number of rotatable bonds is 12. The monoisotopic (exact) mass is 861 g/mol. The van der Waals surface area contributed by atoms with Crippen LogP contribution < -0.4 is 14.8 Å². The Hall–Kier alpha value is -6.26. The van der Waals surface area contributed by atoms with Crippen molar-refractivity contribution in [3.63, 3.8) is 0 Å². The molecule has 1 saturated carbocycles. The Bertz CT molecular complexity index is 2610. The van der Waals surface area contributed by atoms with Crippen LogP contribution in [0, 0.1) is 12.3 Å². The smallest absolute Gasteiger partial charge is 0.297 e. The van der Waals surface area contributed by atoms with Gasteiger partial charge < -0.3 is 24.8 Å². The van der Waals surface area contributed by atoms with Gasteiger partial charge in [-0.2, -0.15) is 5.10 Å². The van der Waals surface area contributed by atoms with Crippen molar-refractivity contribution in [1.29, 1.82) is 0 Å². The second-order valence-corrected chi connectivity index (χ2v) is 17.0. The number of amides is 1. The number of carbonyl (C=O) groups is 2. The predicted octanol–water partition coefficient (Wildman–Crippen LogP) is 8.17. The molecule has 3 aromatic carbocycles. The third-order valence-corrected chi connectivity index (χ3v) is 12.8. The Morgan fingerprint density at radius 2 is 1.67 bits per heavy atom. The fourth-order valence-electron chi connectivity index (χ4n) is 9.64. The summed E-state index contributed by atoms with van der Waals surface area (Å²) in [5, 5.41) is 16.0. The van der Waals surface area contributed by atoms with E-state index in [1.165, 1.54) is 32.1 Å². The summed E-state index contributed by atoms with van der Waals surface area (Å²) in [5.41, 5.74) is 8.13. The number of likely N-dealkylation sites (tertiary alicyclic amines) is 2. The van der Waals surface area contributed by atoms with Crippen molar-refractivity contribution < 1.29 is 33.0 Å². The van der Waals surface area contributed by atoms with Crippen molar-refractivity contribution in [3.8, 4) is 28.3 Å². The van der Waals surface area contributed by atoms with Crippen LogP contribution in [0.1, 0.15) is 68.0 Å². The largest absolute Gasteiger partial charge is 0.496 e. The molecular weight excluding hydrogens is 809 g/mol. The molecule has 9 rings (SSSR count). The van der Waals surface area contributed by atoms with Crippen LogP contribution in [-0.4, -0.2) is 110 Å². The van der Waals surface area contributed by atoms with E-state index in [9.17, 15) is 13.6 Å². The molecular formula is C47H53F2N9O5. The van der Waals surface area contributed by atoms with Crippen LogP contribution in [0.4, 0.5) is 20.3 Å². The van der Waals surface area contributed by atoms with Gasteiger partial charge in [0, 0.05) is 87.1 Å². The van der Waals surface area contributed by atoms with Gasteiger partial charge in [0.2, 0.25) is 5.91 Å². The van der Waals surface area contributed by atoms with Crippen LogP contribution in [0.3, 0.4) is 0 Å². The third-order valence-electron chi connectivity index (χ3n) is 12.8. The van der Waals surface area contributed by atoms with Crippen LogP contribution in [0.15, 0.2) is 67.0 Å². The Morgan fingerprint density at radius 3 is 2.33 bits per heavy atom. The molecule has 16 heteroatoms. The van der Waals surface area contributed by atoms with Gasteiger partial charge >= 0.3 is 0 Å². The van der Waals surface area contributed by atoms with Gasteiger partial charge in [0.15, 0.2) is 11.6 Å². The zero-order chi connectivity index (χ0) is 44.4. The quantitative estimate of drug-likeness (QED) is 0.114. The number of carbonyl (C=O) groups excluding carboxylic acids is 1. The second-order valence-electron chi connectivity index (χ2n) is 17.0. The maximum absolute atomic E-state index is 14.2. The van der Waals surface area contributed by atoms with Crippen LogP contribution >= 0.6 is 0 Å². The molecule has 0 atom stereocenters. The number of carboxylic acid groups (broad SMARTS) is 1. The first kappa shape index (κ1) is 43.4. The summed E-state index contributed by atoms with van der Waals surface area (Å²) in [6.45, 7) is 8.21. The summed E-state index contributed by atoms with van der Waals surface area (Å²) < 4.78 is 42.2. The van der Waals surface area contributed by atoms with Crippen molar-refractivity contribution in [2.45, 2.75) is 71.5 Å². The zero-order valence-electron chi connectivity index (χ0n) is 36.3. The maximum Gasteiger partial charge on any atom is 0.297 e. The Balaban J connectivity index is 0.00000177. The Labute approximate surface area is 364 Å². The zero-order valence-corrected chi connectivity index (χ0v) is 36.3. The normalized spacial score (nSPS) is 16.2. The number of halogens is 2. The Kier molecular flexibility index (Phi) is 12.6. The molecule has 3 aliphatic rings.